The van der Waals surface area contributed by atoms with Crippen LogP contribution in [0, 0.1) is 0 Å². The molecule has 5 nitrogen and oxygen atoms in total. The Bertz CT molecular complexity index is 442. The lowest BCUT2D eigenvalue weighted by atomic mass is 10.1. The van der Waals surface area contributed by atoms with E-state index in [2.05, 4.69) is 34.7 Å². The fourth-order valence-corrected chi connectivity index (χ4v) is 1.98. The first-order valence-corrected chi connectivity index (χ1v) is 7.95. The Morgan fingerprint density at radius 2 is 1.96 bits per heavy atom. The maximum Gasteiger partial charge on any atom is 0.190 e. The van der Waals surface area contributed by atoms with Crippen LogP contribution in [-0.2, 0) is 11.2 Å². The van der Waals surface area contributed by atoms with E-state index in [0.29, 0.717) is 0 Å². The van der Waals surface area contributed by atoms with Crippen molar-refractivity contribution in [2.24, 2.45) is 4.99 Å². The topological polar surface area (TPSA) is 54.9 Å². The van der Waals surface area contributed by atoms with Crippen LogP contribution in [0.2, 0.25) is 0 Å². The third-order valence-electron chi connectivity index (χ3n) is 3.12. The van der Waals surface area contributed by atoms with E-state index in [-0.39, 0.29) is 24.0 Å². The smallest absolute Gasteiger partial charge is 0.190 e. The molecule has 0 aromatic heterocycles. The molecule has 2 N–H and O–H groups in total. The van der Waals surface area contributed by atoms with Gasteiger partial charge in [0, 0.05) is 33.9 Å². The van der Waals surface area contributed by atoms with E-state index in [4.69, 9.17) is 9.47 Å². The molecule has 0 saturated heterocycles. The zero-order chi connectivity index (χ0) is 16.0. The van der Waals surface area contributed by atoms with Gasteiger partial charge in [-0.1, -0.05) is 19.1 Å². The predicted molar refractivity (Wildman–Crippen MR) is 107 cm³/mol. The van der Waals surface area contributed by atoms with Gasteiger partial charge in [-0.2, -0.15) is 0 Å². The van der Waals surface area contributed by atoms with Crippen molar-refractivity contribution in [3.63, 3.8) is 0 Å². The molecule has 132 valence electrons. The average molecular weight is 435 g/mol. The number of hydrogen-bond acceptors (Lipinski definition) is 3. The van der Waals surface area contributed by atoms with Gasteiger partial charge >= 0.3 is 0 Å². The number of ether oxygens (including phenoxy) is 2. The zero-order valence-electron chi connectivity index (χ0n) is 14.4. The van der Waals surface area contributed by atoms with Crippen LogP contribution < -0.4 is 15.4 Å². The monoisotopic (exact) mass is 435 g/mol. The number of halogens is 1. The summed E-state index contributed by atoms with van der Waals surface area (Å²) in [6, 6.07) is 8.27. The van der Waals surface area contributed by atoms with Gasteiger partial charge < -0.3 is 20.1 Å². The number of aliphatic imine (C=N–C) groups is 1. The van der Waals surface area contributed by atoms with Crippen LogP contribution in [0.4, 0.5) is 0 Å². The van der Waals surface area contributed by atoms with Crippen LogP contribution in [0.5, 0.6) is 5.75 Å². The van der Waals surface area contributed by atoms with Gasteiger partial charge in [-0.05, 0) is 37.0 Å². The fraction of sp³-hybridized carbons (Fsp3) is 0.588. The summed E-state index contributed by atoms with van der Waals surface area (Å²) in [6.45, 7) is 5.32. The van der Waals surface area contributed by atoms with Gasteiger partial charge in [0.2, 0.25) is 0 Å². The highest BCUT2D eigenvalue weighted by Crippen LogP contribution is 2.13. The van der Waals surface area contributed by atoms with Crippen LogP contribution in [0.25, 0.3) is 0 Å². The summed E-state index contributed by atoms with van der Waals surface area (Å²) in [5, 5.41) is 6.58. The van der Waals surface area contributed by atoms with Gasteiger partial charge in [-0.25, -0.2) is 0 Å². The number of rotatable bonds is 10. The number of methoxy groups -OCH3 is 1. The molecule has 1 rings (SSSR count). The van der Waals surface area contributed by atoms with Crippen molar-refractivity contribution in [1.82, 2.24) is 10.6 Å². The maximum atomic E-state index is 5.65. The minimum absolute atomic E-state index is 0. The van der Waals surface area contributed by atoms with Crippen LogP contribution >= 0.6 is 24.0 Å². The molecule has 0 aliphatic carbocycles. The summed E-state index contributed by atoms with van der Waals surface area (Å²) in [6.07, 6.45) is 2.92. The Morgan fingerprint density at radius 3 is 2.65 bits per heavy atom. The van der Waals surface area contributed by atoms with E-state index in [1.807, 2.05) is 12.1 Å². The number of nitrogens with one attached hydrogen (secondary N) is 2. The Kier molecular flexibility index (Phi) is 13.9. The van der Waals surface area contributed by atoms with Gasteiger partial charge in [0.05, 0.1) is 6.61 Å². The molecule has 0 unspecified atom stereocenters. The van der Waals surface area contributed by atoms with E-state index in [1.165, 1.54) is 5.56 Å². The summed E-state index contributed by atoms with van der Waals surface area (Å²) in [4.78, 5) is 4.20. The van der Waals surface area contributed by atoms with Gasteiger partial charge in [0.1, 0.15) is 5.75 Å². The first-order valence-electron chi connectivity index (χ1n) is 7.95. The van der Waals surface area contributed by atoms with Gasteiger partial charge in [-0.3, -0.25) is 4.99 Å². The molecule has 0 saturated carbocycles. The highest BCUT2D eigenvalue weighted by molar-refractivity contribution is 14.0. The quantitative estimate of drug-likeness (QED) is 0.257. The molecular weight excluding hydrogens is 405 g/mol. The second kappa shape index (κ2) is 14.6. The Labute approximate surface area is 157 Å². The van der Waals surface area contributed by atoms with Crippen molar-refractivity contribution in [2.75, 3.05) is 40.5 Å². The van der Waals surface area contributed by atoms with Crippen LogP contribution in [-0.4, -0.2) is 46.4 Å². The summed E-state index contributed by atoms with van der Waals surface area (Å²) in [5.41, 5.74) is 1.26. The number of hydrogen-bond donors (Lipinski definition) is 2. The van der Waals surface area contributed by atoms with Crippen LogP contribution in [0.3, 0.4) is 0 Å². The standard InChI is InChI=1S/C17H29N3O2.HI/c1-4-12-22-16-8-5-7-15(14-16)9-11-20-17(18-2)19-10-6-13-21-3;/h5,7-8,14H,4,6,9-13H2,1-3H3,(H2,18,19,20);1H. The van der Waals surface area contributed by atoms with E-state index in [9.17, 15) is 0 Å². The van der Waals surface area contributed by atoms with Gasteiger partial charge in [-0.15, -0.1) is 24.0 Å². The Morgan fingerprint density at radius 1 is 1.17 bits per heavy atom. The first kappa shape index (κ1) is 22.0. The SMILES string of the molecule is CCCOc1cccc(CCNC(=NC)NCCCOC)c1.I. The molecule has 0 radical (unpaired) electrons. The molecule has 0 bridgehead atoms. The second-order valence-corrected chi connectivity index (χ2v) is 5.02. The number of nitrogens with zero attached hydrogens (tertiary/aromatic N) is 1. The van der Waals surface area contributed by atoms with Crippen molar-refractivity contribution in [1.29, 1.82) is 0 Å². The molecule has 6 heteroatoms. The lowest BCUT2D eigenvalue weighted by molar-refractivity contribution is 0.195. The molecule has 0 aliphatic rings. The number of benzene rings is 1. The normalized spacial score (nSPS) is 10.8. The largest absolute Gasteiger partial charge is 0.494 e. The van der Waals surface area contributed by atoms with E-state index >= 15 is 0 Å². The van der Waals surface area contributed by atoms with Crippen LogP contribution in [0.15, 0.2) is 29.3 Å². The van der Waals surface area contributed by atoms with Gasteiger partial charge in [0.15, 0.2) is 5.96 Å². The Hall–Kier alpha value is -1.02. The molecule has 1 aromatic rings. The predicted octanol–water partition coefficient (Wildman–Crippen LogP) is 2.84. The van der Waals surface area contributed by atoms with Crippen molar-refractivity contribution in [2.45, 2.75) is 26.2 Å². The molecule has 0 amide bonds. The van der Waals surface area contributed by atoms with E-state index in [1.54, 1.807) is 14.2 Å². The maximum absolute atomic E-state index is 5.65. The Balaban J connectivity index is 0.00000484. The summed E-state index contributed by atoms with van der Waals surface area (Å²) in [7, 11) is 3.50. The highest BCUT2D eigenvalue weighted by atomic mass is 127. The third-order valence-corrected chi connectivity index (χ3v) is 3.12. The summed E-state index contributed by atoms with van der Waals surface area (Å²) < 4.78 is 10.7. The molecule has 0 atom stereocenters. The van der Waals surface area contributed by atoms with Crippen molar-refractivity contribution < 1.29 is 9.47 Å². The minimum Gasteiger partial charge on any atom is -0.494 e. The zero-order valence-corrected chi connectivity index (χ0v) is 16.8. The number of guanidine groups is 1. The molecular formula is C17H30IN3O2. The van der Waals surface area contributed by atoms with Gasteiger partial charge in [0.25, 0.3) is 0 Å². The molecule has 0 heterocycles. The second-order valence-electron chi connectivity index (χ2n) is 5.02. The summed E-state index contributed by atoms with van der Waals surface area (Å²) >= 11 is 0. The van der Waals surface area contributed by atoms with E-state index < -0.39 is 0 Å². The molecule has 0 spiro atoms. The highest BCUT2D eigenvalue weighted by Gasteiger charge is 1.99. The lowest BCUT2D eigenvalue weighted by Gasteiger charge is -2.12. The minimum atomic E-state index is 0. The molecule has 0 aliphatic heterocycles. The fourth-order valence-electron chi connectivity index (χ4n) is 1.98. The first-order chi connectivity index (χ1) is 10.8. The average Bonchev–Trinajstić information content (AvgIpc) is 2.55. The molecule has 23 heavy (non-hydrogen) atoms. The molecule has 0 fully saturated rings. The lowest BCUT2D eigenvalue weighted by Crippen LogP contribution is -2.39. The van der Waals surface area contributed by atoms with E-state index in [0.717, 1.165) is 57.3 Å². The third kappa shape index (κ3) is 10.4. The van der Waals surface area contributed by atoms with Crippen LogP contribution in [0.1, 0.15) is 25.3 Å². The van der Waals surface area contributed by atoms with Crippen molar-refractivity contribution in [3.05, 3.63) is 29.8 Å². The van der Waals surface area contributed by atoms with Crippen molar-refractivity contribution >= 4 is 29.9 Å². The molecule has 1 aromatic carbocycles. The van der Waals surface area contributed by atoms with Crippen molar-refractivity contribution in [3.8, 4) is 5.75 Å². The summed E-state index contributed by atoms with van der Waals surface area (Å²) in [5.74, 6) is 1.77.